The summed E-state index contributed by atoms with van der Waals surface area (Å²) in [5, 5.41) is 8.92. The van der Waals surface area contributed by atoms with Crippen LogP contribution in [-0.4, -0.2) is 56.0 Å². The standard InChI is InChI=1S/C23H19ClFN7O/c1-13-29-21-15(23-27-12-28-30-23)10-14(31-6-8-33-9-7-31)11-19(21)32(13)18-4-5-26-22-16(24)2-3-17(25)20(18)22/h2-5,10-12H,6-9H2,1H3,(H,27,28,30). The number of anilines is 1. The Hall–Kier alpha value is -3.56. The smallest absolute Gasteiger partial charge is 0.163 e. The number of imidazole rings is 1. The Morgan fingerprint density at radius 2 is 1.97 bits per heavy atom. The second-order valence-corrected chi connectivity index (χ2v) is 8.28. The van der Waals surface area contributed by atoms with Crippen molar-refractivity contribution in [3.05, 3.63) is 59.5 Å². The number of aryl methyl sites for hydroxylation is 1. The minimum absolute atomic E-state index is 0.352. The molecule has 0 saturated carbocycles. The van der Waals surface area contributed by atoms with Gasteiger partial charge in [0.2, 0.25) is 0 Å². The monoisotopic (exact) mass is 463 g/mol. The normalized spacial score (nSPS) is 14.5. The number of aromatic nitrogens is 6. The van der Waals surface area contributed by atoms with E-state index in [9.17, 15) is 0 Å². The van der Waals surface area contributed by atoms with Crippen LogP contribution >= 0.6 is 11.6 Å². The maximum absolute atomic E-state index is 15.0. The molecule has 166 valence electrons. The fourth-order valence-corrected chi connectivity index (χ4v) is 4.67. The number of pyridine rings is 1. The maximum atomic E-state index is 15.0. The number of hydrogen-bond acceptors (Lipinski definition) is 6. The van der Waals surface area contributed by atoms with E-state index in [2.05, 4.69) is 37.2 Å². The Balaban J connectivity index is 1.68. The van der Waals surface area contributed by atoms with Crippen molar-refractivity contribution in [2.45, 2.75) is 6.92 Å². The summed E-state index contributed by atoms with van der Waals surface area (Å²) in [6.07, 6.45) is 3.18. The van der Waals surface area contributed by atoms with Crippen LogP contribution in [0.15, 0.2) is 42.9 Å². The number of morpholine rings is 1. The van der Waals surface area contributed by atoms with Crippen LogP contribution in [0, 0.1) is 12.7 Å². The van der Waals surface area contributed by atoms with Gasteiger partial charge in [-0.3, -0.25) is 9.55 Å². The molecule has 0 atom stereocenters. The predicted octanol–water partition coefficient (Wildman–Crippen LogP) is 4.30. The van der Waals surface area contributed by atoms with Gasteiger partial charge < -0.3 is 14.6 Å². The SMILES string of the molecule is Cc1nc2c(-c3nnc[nH]3)cc(N3CCOCC3)cc2n1-c1ccnc2c(Cl)ccc(F)c12. The summed E-state index contributed by atoms with van der Waals surface area (Å²) in [4.78, 5) is 14.5. The lowest BCUT2D eigenvalue weighted by molar-refractivity contribution is 0.122. The molecule has 10 heteroatoms. The number of halogens is 2. The van der Waals surface area contributed by atoms with E-state index >= 15 is 4.39 Å². The molecular weight excluding hydrogens is 445 g/mol. The van der Waals surface area contributed by atoms with Gasteiger partial charge in [0.25, 0.3) is 0 Å². The summed E-state index contributed by atoms with van der Waals surface area (Å²) >= 11 is 6.35. The lowest BCUT2D eigenvalue weighted by Crippen LogP contribution is -2.36. The first-order chi connectivity index (χ1) is 16.1. The van der Waals surface area contributed by atoms with Gasteiger partial charge in [0.15, 0.2) is 5.82 Å². The Kier molecular flexibility index (Phi) is 4.74. The van der Waals surface area contributed by atoms with Crippen LogP contribution in [0.1, 0.15) is 5.82 Å². The first-order valence-corrected chi connectivity index (χ1v) is 10.9. The Morgan fingerprint density at radius 1 is 1.12 bits per heavy atom. The molecule has 2 aromatic carbocycles. The molecule has 5 aromatic rings. The molecule has 6 rings (SSSR count). The van der Waals surface area contributed by atoms with Crippen molar-refractivity contribution in [3.8, 4) is 17.1 Å². The number of nitrogens with one attached hydrogen (secondary N) is 1. The quantitative estimate of drug-likeness (QED) is 0.429. The zero-order chi connectivity index (χ0) is 22.5. The average Bonchev–Trinajstić information content (AvgIpc) is 3.49. The maximum Gasteiger partial charge on any atom is 0.163 e. The van der Waals surface area contributed by atoms with E-state index in [0.29, 0.717) is 46.5 Å². The highest BCUT2D eigenvalue weighted by molar-refractivity contribution is 6.35. The first kappa shape index (κ1) is 20.1. The Bertz CT molecular complexity index is 1490. The lowest BCUT2D eigenvalue weighted by atomic mass is 10.1. The van der Waals surface area contributed by atoms with Crippen LogP contribution in [0.2, 0.25) is 5.02 Å². The molecule has 1 N–H and O–H groups in total. The van der Waals surface area contributed by atoms with Gasteiger partial charge in [0.05, 0.1) is 40.3 Å². The highest BCUT2D eigenvalue weighted by Crippen LogP contribution is 2.36. The van der Waals surface area contributed by atoms with E-state index < -0.39 is 5.82 Å². The molecule has 1 saturated heterocycles. The van der Waals surface area contributed by atoms with Gasteiger partial charge in [-0.05, 0) is 37.3 Å². The van der Waals surface area contributed by atoms with Crippen molar-refractivity contribution < 1.29 is 9.13 Å². The molecule has 8 nitrogen and oxygen atoms in total. The molecular formula is C23H19ClFN7O. The number of rotatable bonds is 3. The molecule has 3 aromatic heterocycles. The van der Waals surface area contributed by atoms with Gasteiger partial charge >= 0.3 is 0 Å². The van der Waals surface area contributed by atoms with Gasteiger partial charge in [-0.2, -0.15) is 0 Å². The van der Waals surface area contributed by atoms with Gasteiger partial charge in [-0.25, -0.2) is 9.37 Å². The minimum Gasteiger partial charge on any atom is -0.378 e. The predicted molar refractivity (Wildman–Crippen MR) is 124 cm³/mol. The highest BCUT2D eigenvalue weighted by Gasteiger charge is 2.22. The van der Waals surface area contributed by atoms with Crippen LogP contribution in [0.25, 0.3) is 39.0 Å². The third kappa shape index (κ3) is 3.23. The number of hydrogen-bond donors (Lipinski definition) is 1. The molecule has 0 radical (unpaired) electrons. The largest absolute Gasteiger partial charge is 0.378 e. The molecule has 1 aliphatic heterocycles. The van der Waals surface area contributed by atoms with Crippen LogP contribution in [0.5, 0.6) is 0 Å². The first-order valence-electron chi connectivity index (χ1n) is 10.6. The number of aromatic amines is 1. The summed E-state index contributed by atoms with van der Waals surface area (Å²) < 4.78 is 22.5. The Morgan fingerprint density at radius 3 is 2.76 bits per heavy atom. The molecule has 0 bridgehead atoms. The van der Waals surface area contributed by atoms with Gasteiger partial charge in [0.1, 0.15) is 23.5 Å². The van der Waals surface area contributed by atoms with Crippen molar-refractivity contribution >= 4 is 39.2 Å². The van der Waals surface area contributed by atoms with Crippen molar-refractivity contribution in [1.29, 1.82) is 0 Å². The number of ether oxygens (including phenoxy) is 1. The van der Waals surface area contributed by atoms with Gasteiger partial charge in [0, 0.05) is 30.5 Å². The summed E-state index contributed by atoms with van der Waals surface area (Å²) in [7, 11) is 0. The van der Waals surface area contributed by atoms with E-state index in [1.165, 1.54) is 12.1 Å². The average molecular weight is 464 g/mol. The molecule has 0 amide bonds. The van der Waals surface area contributed by atoms with E-state index in [1.54, 1.807) is 18.6 Å². The Labute approximate surface area is 193 Å². The van der Waals surface area contributed by atoms with Gasteiger partial charge in [-0.1, -0.05) is 11.6 Å². The van der Waals surface area contributed by atoms with Crippen molar-refractivity contribution in [2.75, 3.05) is 31.2 Å². The summed E-state index contributed by atoms with van der Waals surface area (Å²) in [6.45, 7) is 4.76. The fourth-order valence-electron chi connectivity index (χ4n) is 4.47. The van der Waals surface area contributed by atoms with Crippen molar-refractivity contribution in [1.82, 2.24) is 29.7 Å². The minimum atomic E-state index is -0.390. The van der Waals surface area contributed by atoms with Crippen LogP contribution in [0.4, 0.5) is 10.1 Å². The fraction of sp³-hybridized carbons (Fsp3) is 0.217. The summed E-state index contributed by atoms with van der Waals surface area (Å²) in [5.74, 6) is 0.934. The molecule has 1 aliphatic rings. The van der Waals surface area contributed by atoms with Gasteiger partial charge in [-0.15, -0.1) is 10.2 Å². The number of H-pyrrole nitrogens is 1. The van der Waals surface area contributed by atoms with E-state index in [1.807, 2.05) is 11.5 Å². The lowest BCUT2D eigenvalue weighted by Gasteiger charge is -2.29. The molecule has 1 fully saturated rings. The summed E-state index contributed by atoms with van der Waals surface area (Å²) in [6, 6.07) is 8.81. The molecule has 4 heterocycles. The molecule has 0 unspecified atom stereocenters. The molecule has 33 heavy (non-hydrogen) atoms. The van der Waals surface area contributed by atoms with Crippen molar-refractivity contribution in [3.63, 3.8) is 0 Å². The van der Waals surface area contributed by atoms with E-state index in [0.717, 1.165) is 35.4 Å². The van der Waals surface area contributed by atoms with Crippen molar-refractivity contribution in [2.24, 2.45) is 0 Å². The molecule has 0 spiro atoms. The van der Waals surface area contributed by atoms with E-state index in [4.69, 9.17) is 21.3 Å². The third-order valence-electron chi connectivity index (χ3n) is 5.97. The zero-order valence-corrected chi connectivity index (χ0v) is 18.5. The second-order valence-electron chi connectivity index (χ2n) is 7.88. The number of nitrogens with zero attached hydrogens (tertiary/aromatic N) is 6. The zero-order valence-electron chi connectivity index (χ0n) is 17.7. The summed E-state index contributed by atoms with van der Waals surface area (Å²) in [5.41, 5.74) is 4.45. The topological polar surface area (TPSA) is 84.8 Å². The van der Waals surface area contributed by atoms with E-state index in [-0.39, 0.29) is 0 Å². The van der Waals surface area contributed by atoms with Crippen LogP contribution in [-0.2, 0) is 4.74 Å². The highest BCUT2D eigenvalue weighted by atomic mass is 35.5. The number of fused-ring (bicyclic) bond motifs is 2. The molecule has 0 aliphatic carbocycles. The van der Waals surface area contributed by atoms with Crippen LogP contribution < -0.4 is 4.90 Å². The number of benzene rings is 2. The van der Waals surface area contributed by atoms with Crippen LogP contribution in [0.3, 0.4) is 0 Å². The second kappa shape index (κ2) is 7.79. The third-order valence-corrected chi connectivity index (χ3v) is 6.28.